The molecule has 3 heteroatoms. The molecule has 0 spiro atoms. The molecule has 1 aromatic rings. The zero-order chi connectivity index (χ0) is 13.7. The van der Waals surface area contributed by atoms with E-state index in [-0.39, 0.29) is 0 Å². The zero-order valence-electron chi connectivity index (χ0n) is 12.3. The molecular weight excluding hydrogens is 236 g/mol. The van der Waals surface area contributed by atoms with E-state index >= 15 is 0 Å². The van der Waals surface area contributed by atoms with Gasteiger partial charge in [0.25, 0.3) is 0 Å². The number of ether oxygens (including phenoxy) is 1. The number of nitrogens with one attached hydrogen (secondary N) is 2. The van der Waals surface area contributed by atoms with Crippen molar-refractivity contribution in [3.8, 4) is 5.75 Å². The maximum Gasteiger partial charge on any atom is 0.123 e. The minimum Gasteiger partial charge on any atom is -0.496 e. The SMILES string of the molecule is COc1cc(C(C)C)ccc1CNCC1CCCN1. The van der Waals surface area contributed by atoms with E-state index < -0.39 is 0 Å². The van der Waals surface area contributed by atoms with Crippen molar-refractivity contribution in [1.29, 1.82) is 0 Å². The number of rotatable bonds is 6. The molecule has 1 unspecified atom stereocenters. The fourth-order valence-electron chi connectivity index (χ4n) is 2.58. The van der Waals surface area contributed by atoms with E-state index in [0.717, 1.165) is 18.8 Å². The van der Waals surface area contributed by atoms with Crippen molar-refractivity contribution in [2.24, 2.45) is 0 Å². The van der Waals surface area contributed by atoms with Gasteiger partial charge in [0.05, 0.1) is 7.11 Å². The lowest BCUT2D eigenvalue weighted by Crippen LogP contribution is -2.33. The predicted octanol–water partition coefficient (Wildman–Crippen LogP) is 2.66. The average molecular weight is 262 g/mol. The van der Waals surface area contributed by atoms with Crippen LogP contribution in [-0.4, -0.2) is 26.2 Å². The average Bonchev–Trinajstić information content (AvgIpc) is 2.92. The third-order valence-corrected chi connectivity index (χ3v) is 3.85. The summed E-state index contributed by atoms with van der Waals surface area (Å²) in [7, 11) is 1.75. The first-order chi connectivity index (χ1) is 9.20. The van der Waals surface area contributed by atoms with E-state index in [1.807, 2.05) is 0 Å². The summed E-state index contributed by atoms with van der Waals surface area (Å²) in [6, 6.07) is 7.19. The summed E-state index contributed by atoms with van der Waals surface area (Å²) in [6.45, 7) is 7.49. The maximum absolute atomic E-state index is 5.50. The van der Waals surface area contributed by atoms with Crippen LogP contribution in [0, 0.1) is 0 Å². The van der Waals surface area contributed by atoms with Crippen LogP contribution in [0.15, 0.2) is 18.2 Å². The topological polar surface area (TPSA) is 33.3 Å². The molecule has 3 nitrogen and oxygen atoms in total. The largest absolute Gasteiger partial charge is 0.496 e. The van der Waals surface area contributed by atoms with Crippen LogP contribution in [0.25, 0.3) is 0 Å². The van der Waals surface area contributed by atoms with Gasteiger partial charge in [-0.15, -0.1) is 0 Å². The molecule has 0 aromatic heterocycles. The Hall–Kier alpha value is -1.06. The molecule has 19 heavy (non-hydrogen) atoms. The summed E-state index contributed by atoms with van der Waals surface area (Å²) in [5.74, 6) is 1.54. The van der Waals surface area contributed by atoms with Gasteiger partial charge in [0.2, 0.25) is 0 Å². The van der Waals surface area contributed by atoms with Crippen molar-refractivity contribution in [1.82, 2.24) is 10.6 Å². The van der Waals surface area contributed by atoms with E-state index in [0.29, 0.717) is 12.0 Å². The lowest BCUT2D eigenvalue weighted by Gasteiger charge is -2.15. The van der Waals surface area contributed by atoms with Crippen LogP contribution in [0.2, 0.25) is 0 Å². The molecule has 0 bridgehead atoms. The molecule has 1 aliphatic rings. The highest BCUT2D eigenvalue weighted by Crippen LogP contribution is 2.24. The first-order valence-electron chi connectivity index (χ1n) is 7.31. The smallest absolute Gasteiger partial charge is 0.123 e. The van der Waals surface area contributed by atoms with Gasteiger partial charge >= 0.3 is 0 Å². The molecule has 0 amide bonds. The fraction of sp³-hybridized carbons (Fsp3) is 0.625. The minimum absolute atomic E-state index is 0.540. The third kappa shape index (κ3) is 3.95. The number of hydrogen-bond acceptors (Lipinski definition) is 3. The van der Waals surface area contributed by atoms with Crippen molar-refractivity contribution in [3.63, 3.8) is 0 Å². The number of hydrogen-bond donors (Lipinski definition) is 2. The highest BCUT2D eigenvalue weighted by atomic mass is 16.5. The third-order valence-electron chi connectivity index (χ3n) is 3.85. The number of benzene rings is 1. The highest BCUT2D eigenvalue weighted by Gasteiger charge is 2.13. The summed E-state index contributed by atoms with van der Waals surface area (Å²) in [5, 5.41) is 7.03. The van der Waals surface area contributed by atoms with E-state index in [4.69, 9.17) is 4.74 Å². The van der Waals surface area contributed by atoms with Crippen molar-refractivity contribution in [2.75, 3.05) is 20.2 Å². The second kappa shape index (κ2) is 6.92. The van der Waals surface area contributed by atoms with E-state index in [1.54, 1.807) is 7.11 Å². The molecule has 1 aliphatic heterocycles. The van der Waals surface area contributed by atoms with Crippen LogP contribution in [0.4, 0.5) is 0 Å². The summed E-state index contributed by atoms with van der Waals surface area (Å²) in [6.07, 6.45) is 2.59. The van der Waals surface area contributed by atoms with Crippen molar-refractivity contribution >= 4 is 0 Å². The Morgan fingerprint density at radius 2 is 2.26 bits per heavy atom. The van der Waals surface area contributed by atoms with Gasteiger partial charge in [-0.1, -0.05) is 26.0 Å². The fourth-order valence-corrected chi connectivity index (χ4v) is 2.58. The quantitative estimate of drug-likeness (QED) is 0.827. The summed E-state index contributed by atoms with van der Waals surface area (Å²) < 4.78 is 5.50. The van der Waals surface area contributed by atoms with Gasteiger partial charge in [-0.25, -0.2) is 0 Å². The van der Waals surface area contributed by atoms with Crippen LogP contribution in [0.3, 0.4) is 0 Å². The summed E-state index contributed by atoms with van der Waals surface area (Å²) in [5.41, 5.74) is 2.57. The van der Waals surface area contributed by atoms with E-state index in [9.17, 15) is 0 Å². The Morgan fingerprint density at radius 3 is 2.89 bits per heavy atom. The molecule has 1 aromatic carbocycles. The van der Waals surface area contributed by atoms with Crippen LogP contribution in [0.5, 0.6) is 5.75 Å². The van der Waals surface area contributed by atoms with Crippen LogP contribution in [0.1, 0.15) is 43.7 Å². The van der Waals surface area contributed by atoms with E-state index in [1.165, 1.54) is 30.5 Å². The summed E-state index contributed by atoms with van der Waals surface area (Å²) >= 11 is 0. The Kier molecular flexibility index (Phi) is 5.23. The molecule has 0 radical (unpaired) electrons. The van der Waals surface area contributed by atoms with Gasteiger partial charge in [0.1, 0.15) is 5.75 Å². The summed E-state index contributed by atoms with van der Waals surface area (Å²) in [4.78, 5) is 0. The maximum atomic E-state index is 5.50. The Labute approximate surface area is 116 Å². The molecule has 1 saturated heterocycles. The van der Waals surface area contributed by atoms with Crippen LogP contribution in [-0.2, 0) is 6.54 Å². The molecule has 2 N–H and O–H groups in total. The first kappa shape index (κ1) is 14.4. The molecule has 1 fully saturated rings. The van der Waals surface area contributed by atoms with Gasteiger partial charge in [-0.05, 0) is 36.9 Å². The van der Waals surface area contributed by atoms with E-state index in [2.05, 4.69) is 42.7 Å². The van der Waals surface area contributed by atoms with Gasteiger partial charge < -0.3 is 15.4 Å². The zero-order valence-corrected chi connectivity index (χ0v) is 12.3. The molecule has 106 valence electrons. The highest BCUT2D eigenvalue weighted by molar-refractivity contribution is 5.38. The van der Waals surface area contributed by atoms with Gasteiger partial charge in [0.15, 0.2) is 0 Å². The van der Waals surface area contributed by atoms with Gasteiger partial charge in [-0.3, -0.25) is 0 Å². The van der Waals surface area contributed by atoms with Crippen molar-refractivity contribution in [2.45, 2.75) is 45.2 Å². The van der Waals surface area contributed by atoms with Crippen LogP contribution < -0.4 is 15.4 Å². The Morgan fingerprint density at radius 1 is 1.42 bits per heavy atom. The van der Waals surface area contributed by atoms with Gasteiger partial charge in [-0.2, -0.15) is 0 Å². The predicted molar refractivity (Wildman–Crippen MR) is 79.8 cm³/mol. The standard InChI is InChI=1S/C16H26N2O/c1-12(2)13-6-7-14(16(9-13)19-3)10-17-11-15-5-4-8-18-15/h6-7,9,12,15,17-18H,4-5,8,10-11H2,1-3H3. The van der Waals surface area contributed by atoms with Crippen molar-refractivity contribution < 1.29 is 4.74 Å². The molecule has 0 saturated carbocycles. The van der Waals surface area contributed by atoms with Crippen LogP contribution >= 0.6 is 0 Å². The lowest BCUT2D eigenvalue weighted by molar-refractivity contribution is 0.406. The lowest BCUT2D eigenvalue weighted by atomic mass is 10.0. The molecule has 1 heterocycles. The molecule has 0 aliphatic carbocycles. The normalized spacial score (nSPS) is 19.1. The monoisotopic (exact) mass is 262 g/mol. The van der Waals surface area contributed by atoms with Crippen molar-refractivity contribution in [3.05, 3.63) is 29.3 Å². The second-order valence-corrected chi connectivity index (χ2v) is 5.65. The minimum atomic E-state index is 0.540. The first-order valence-corrected chi connectivity index (χ1v) is 7.31. The van der Waals surface area contributed by atoms with Gasteiger partial charge in [0, 0.05) is 24.7 Å². The molecule has 2 rings (SSSR count). The molecular formula is C16H26N2O. The second-order valence-electron chi connectivity index (χ2n) is 5.65. The number of methoxy groups -OCH3 is 1. The Balaban J connectivity index is 1.91. The Bertz CT molecular complexity index is 398. The molecule has 1 atom stereocenters.